The third-order valence-corrected chi connectivity index (χ3v) is 7.13. The van der Waals surface area contributed by atoms with Gasteiger partial charge in [-0.25, -0.2) is 9.18 Å². The van der Waals surface area contributed by atoms with E-state index < -0.39 is 40.4 Å². The number of carbonyl (C=O) groups is 3. The van der Waals surface area contributed by atoms with Crippen LogP contribution in [0.15, 0.2) is 48.5 Å². The topological polar surface area (TPSA) is 137 Å². The smallest absolute Gasteiger partial charge is 0.325 e. The second-order valence-electron chi connectivity index (χ2n) is 8.16. The molecule has 2 aromatic rings. The first-order chi connectivity index (χ1) is 16.7. The van der Waals surface area contributed by atoms with Crippen molar-refractivity contribution < 1.29 is 23.7 Å². The number of fused-ring (bicyclic) bond motifs is 1. The van der Waals surface area contributed by atoms with E-state index in [2.05, 4.69) is 16.0 Å². The maximum absolute atomic E-state index is 13.4. The van der Waals surface area contributed by atoms with Gasteiger partial charge in [-0.1, -0.05) is 12.1 Å². The molecule has 2 aromatic carbocycles. The molecule has 4 amide bonds. The van der Waals surface area contributed by atoms with Gasteiger partial charge in [-0.05, 0) is 29.8 Å². The van der Waals surface area contributed by atoms with Crippen LogP contribution < -0.4 is 16.0 Å². The highest BCUT2D eigenvalue weighted by molar-refractivity contribution is 8.00. The van der Waals surface area contributed by atoms with Crippen LogP contribution in [-0.2, 0) is 9.59 Å². The Hall–Kier alpha value is -3.55. The standard InChI is InChI=1S/C22H23FN6O5S/c1-27-19-17(21(31)28(2)22(27)32)20(26-18(25-19)12-3-5-13(23)6-4-12)35-11-16(30)24-14-7-9-15(10-8-14)29(33)34/h3-10,17-20,25-26H,11H2,1-2H3,(H,24,30). The molecule has 4 atom stereocenters. The molecule has 2 heterocycles. The lowest BCUT2D eigenvalue weighted by Crippen LogP contribution is -2.72. The minimum atomic E-state index is -0.684. The lowest BCUT2D eigenvalue weighted by molar-refractivity contribution is -0.384. The second-order valence-corrected chi connectivity index (χ2v) is 9.29. The number of hydrogen-bond acceptors (Lipinski definition) is 8. The summed E-state index contributed by atoms with van der Waals surface area (Å²) in [6.45, 7) is 0. The van der Waals surface area contributed by atoms with Crippen molar-refractivity contribution in [2.45, 2.75) is 17.7 Å². The summed E-state index contributed by atoms with van der Waals surface area (Å²) < 4.78 is 13.4. The number of thioether (sulfide) groups is 1. The van der Waals surface area contributed by atoms with Crippen LogP contribution in [0.2, 0.25) is 0 Å². The minimum Gasteiger partial charge on any atom is -0.325 e. The average Bonchev–Trinajstić information content (AvgIpc) is 2.85. The van der Waals surface area contributed by atoms with Crippen LogP contribution in [0.3, 0.4) is 0 Å². The summed E-state index contributed by atoms with van der Waals surface area (Å²) in [7, 11) is 3.00. The molecule has 2 aliphatic heterocycles. The predicted molar refractivity (Wildman–Crippen MR) is 127 cm³/mol. The van der Waals surface area contributed by atoms with Crippen molar-refractivity contribution >= 4 is 41.0 Å². The third-order valence-electron chi connectivity index (χ3n) is 5.92. The van der Waals surface area contributed by atoms with Gasteiger partial charge in [-0.2, -0.15) is 0 Å². The summed E-state index contributed by atoms with van der Waals surface area (Å²) in [6.07, 6.45) is -1.14. The van der Waals surface area contributed by atoms with E-state index >= 15 is 0 Å². The highest BCUT2D eigenvalue weighted by Crippen LogP contribution is 2.34. The normalized spacial score (nSPS) is 24.2. The SMILES string of the molecule is CN1C(=O)C2C(SCC(=O)Nc3ccc([N+](=O)[O-])cc3)NC(c3ccc(F)cc3)NC2N(C)C1=O. The van der Waals surface area contributed by atoms with Gasteiger partial charge in [0.15, 0.2) is 0 Å². The maximum atomic E-state index is 13.4. The van der Waals surface area contributed by atoms with Gasteiger partial charge in [-0.3, -0.25) is 35.2 Å². The highest BCUT2D eigenvalue weighted by atomic mass is 32.2. The molecule has 4 unspecified atom stereocenters. The number of anilines is 1. The lowest BCUT2D eigenvalue weighted by atomic mass is 9.96. The molecular formula is C22H23FN6O5S. The number of carbonyl (C=O) groups excluding carboxylic acids is 3. The number of benzene rings is 2. The Morgan fingerprint density at radius 2 is 1.77 bits per heavy atom. The third kappa shape index (κ3) is 5.11. The molecule has 4 rings (SSSR count). The quantitative estimate of drug-likeness (QED) is 0.404. The maximum Gasteiger partial charge on any atom is 0.327 e. The van der Waals surface area contributed by atoms with Gasteiger partial charge in [0.25, 0.3) is 5.69 Å². The Labute approximate surface area is 204 Å². The molecule has 11 nitrogen and oxygen atoms in total. The van der Waals surface area contributed by atoms with Crippen molar-refractivity contribution in [3.05, 3.63) is 70.0 Å². The van der Waals surface area contributed by atoms with Gasteiger partial charge < -0.3 is 10.2 Å². The predicted octanol–water partition coefficient (Wildman–Crippen LogP) is 2.09. The van der Waals surface area contributed by atoms with Crippen molar-refractivity contribution in [2.24, 2.45) is 5.92 Å². The van der Waals surface area contributed by atoms with Crippen LogP contribution in [-0.4, -0.2) is 64.0 Å². The molecule has 2 saturated heterocycles. The van der Waals surface area contributed by atoms with E-state index in [1.165, 1.54) is 60.1 Å². The van der Waals surface area contributed by atoms with E-state index in [0.29, 0.717) is 11.3 Å². The fourth-order valence-corrected chi connectivity index (χ4v) is 5.18. The molecule has 0 spiro atoms. The molecule has 0 aromatic heterocycles. The Bertz CT molecular complexity index is 1150. The average molecular weight is 503 g/mol. The number of nitrogens with one attached hydrogen (secondary N) is 3. The Balaban J connectivity index is 1.50. The van der Waals surface area contributed by atoms with Crippen molar-refractivity contribution in [3.8, 4) is 0 Å². The Morgan fingerprint density at radius 1 is 1.11 bits per heavy atom. The summed E-state index contributed by atoms with van der Waals surface area (Å²) in [6, 6.07) is 10.8. The number of non-ortho nitro benzene ring substituents is 1. The summed E-state index contributed by atoms with van der Waals surface area (Å²) in [5.74, 6) is -1.85. The number of nitro groups is 1. The number of nitrogens with zero attached hydrogens (tertiary/aromatic N) is 3. The molecule has 13 heteroatoms. The fraction of sp³-hybridized carbons (Fsp3) is 0.318. The summed E-state index contributed by atoms with van der Waals surface area (Å²) >= 11 is 1.20. The van der Waals surface area contributed by atoms with Crippen LogP contribution in [0.4, 0.5) is 20.6 Å². The van der Waals surface area contributed by atoms with Crippen LogP contribution in [0.5, 0.6) is 0 Å². The molecule has 3 N–H and O–H groups in total. The van der Waals surface area contributed by atoms with Crippen molar-refractivity contribution in [2.75, 3.05) is 25.2 Å². The number of halogens is 1. The molecule has 2 aliphatic rings. The summed E-state index contributed by atoms with van der Waals surface area (Å²) in [5, 5.41) is 19.5. The molecule has 0 saturated carbocycles. The number of rotatable bonds is 6. The van der Waals surface area contributed by atoms with E-state index in [9.17, 15) is 28.9 Å². The largest absolute Gasteiger partial charge is 0.327 e. The van der Waals surface area contributed by atoms with E-state index in [-0.39, 0.29) is 23.3 Å². The number of hydrogen-bond donors (Lipinski definition) is 3. The first-order valence-corrected chi connectivity index (χ1v) is 11.7. The van der Waals surface area contributed by atoms with Crippen LogP contribution in [0.1, 0.15) is 11.7 Å². The molecule has 184 valence electrons. The molecule has 0 bridgehead atoms. The zero-order valence-electron chi connectivity index (χ0n) is 18.8. The van der Waals surface area contributed by atoms with Crippen LogP contribution in [0, 0.1) is 21.8 Å². The number of urea groups is 1. The van der Waals surface area contributed by atoms with Gasteiger partial charge in [0, 0.05) is 31.9 Å². The first-order valence-electron chi connectivity index (χ1n) is 10.6. The number of nitro benzene ring substituents is 1. The zero-order chi connectivity index (χ0) is 25.3. The Kier molecular flexibility index (Phi) is 7.00. The minimum absolute atomic E-state index is 0.0251. The van der Waals surface area contributed by atoms with Crippen molar-refractivity contribution in [1.29, 1.82) is 0 Å². The number of amides is 4. The zero-order valence-corrected chi connectivity index (χ0v) is 19.6. The number of imide groups is 1. The van der Waals surface area contributed by atoms with Gasteiger partial charge in [0.05, 0.1) is 34.3 Å². The summed E-state index contributed by atoms with van der Waals surface area (Å²) in [5.41, 5.74) is 1.02. The highest BCUT2D eigenvalue weighted by Gasteiger charge is 2.51. The lowest BCUT2D eigenvalue weighted by Gasteiger charge is -2.50. The molecule has 0 aliphatic carbocycles. The van der Waals surface area contributed by atoms with E-state index in [1.807, 2.05) is 0 Å². The van der Waals surface area contributed by atoms with Crippen LogP contribution in [0.25, 0.3) is 0 Å². The first kappa shape index (κ1) is 24.6. The summed E-state index contributed by atoms with van der Waals surface area (Å²) in [4.78, 5) is 50.9. The van der Waals surface area contributed by atoms with Crippen molar-refractivity contribution in [3.63, 3.8) is 0 Å². The van der Waals surface area contributed by atoms with E-state index in [1.54, 1.807) is 19.2 Å². The monoisotopic (exact) mass is 502 g/mol. The second kappa shape index (κ2) is 9.98. The van der Waals surface area contributed by atoms with Crippen LogP contribution >= 0.6 is 11.8 Å². The molecule has 0 radical (unpaired) electrons. The molecule has 35 heavy (non-hydrogen) atoms. The van der Waals surface area contributed by atoms with E-state index in [4.69, 9.17) is 0 Å². The Morgan fingerprint density at radius 3 is 2.40 bits per heavy atom. The van der Waals surface area contributed by atoms with Gasteiger partial charge in [0.2, 0.25) is 11.8 Å². The van der Waals surface area contributed by atoms with E-state index in [0.717, 1.165) is 4.90 Å². The van der Waals surface area contributed by atoms with Crippen molar-refractivity contribution in [1.82, 2.24) is 20.4 Å². The van der Waals surface area contributed by atoms with Gasteiger partial charge >= 0.3 is 6.03 Å². The molecular weight excluding hydrogens is 479 g/mol. The fourth-order valence-electron chi connectivity index (χ4n) is 4.08. The van der Waals surface area contributed by atoms with Gasteiger partial charge in [0.1, 0.15) is 5.82 Å². The molecule has 2 fully saturated rings. The van der Waals surface area contributed by atoms with Gasteiger partial charge in [-0.15, -0.1) is 11.8 Å².